The Hall–Kier alpha value is -2.23. The molecule has 0 aliphatic rings. The molecular weight excluding hydrogens is 228 g/mol. The molecule has 18 heavy (non-hydrogen) atoms. The van der Waals surface area contributed by atoms with E-state index in [4.69, 9.17) is 9.47 Å². The van der Waals surface area contributed by atoms with Gasteiger partial charge in [0.1, 0.15) is 17.2 Å². The van der Waals surface area contributed by atoms with Gasteiger partial charge in [-0.15, -0.1) is 0 Å². The quantitative estimate of drug-likeness (QED) is 0.876. The molecule has 0 atom stereocenters. The second kappa shape index (κ2) is 5.91. The lowest BCUT2D eigenvalue weighted by Gasteiger charge is -2.08. The molecule has 4 nitrogen and oxygen atoms in total. The van der Waals surface area contributed by atoms with E-state index in [9.17, 15) is 0 Å². The topological polar surface area (TPSA) is 43.4 Å². The van der Waals surface area contributed by atoms with Crippen molar-refractivity contribution in [3.8, 4) is 17.2 Å². The molecule has 94 valence electrons. The molecule has 4 heteroatoms. The number of nitrogens with one attached hydrogen (secondary N) is 1. The van der Waals surface area contributed by atoms with Crippen LogP contribution in [0, 0.1) is 0 Å². The number of pyridine rings is 1. The van der Waals surface area contributed by atoms with Crippen molar-refractivity contribution in [2.75, 3.05) is 19.0 Å². The number of nitrogens with zero attached hydrogens (tertiary/aromatic N) is 1. The van der Waals surface area contributed by atoms with Crippen molar-refractivity contribution in [2.24, 2.45) is 0 Å². The predicted molar refractivity (Wildman–Crippen MR) is 71.5 cm³/mol. The monoisotopic (exact) mass is 244 g/mol. The van der Waals surface area contributed by atoms with Crippen LogP contribution in [0.5, 0.6) is 17.2 Å². The maximum absolute atomic E-state index is 5.73. The van der Waals surface area contributed by atoms with Gasteiger partial charge in [-0.05, 0) is 19.1 Å². The van der Waals surface area contributed by atoms with E-state index in [1.54, 1.807) is 12.4 Å². The number of ether oxygens (including phenoxy) is 2. The second-order valence-electron chi connectivity index (χ2n) is 3.67. The number of benzene rings is 1. The molecule has 0 spiro atoms. The van der Waals surface area contributed by atoms with Gasteiger partial charge in [-0.3, -0.25) is 4.98 Å². The van der Waals surface area contributed by atoms with Gasteiger partial charge in [0, 0.05) is 19.2 Å². The zero-order valence-corrected chi connectivity index (χ0v) is 10.5. The molecule has 0 radical (unpaired) electrons. The molecule has 1 aromatic heterocycles. The van der Waals surface area contributed by atoms with Gasteiger partial charge >= 0.3 is 0 Å². The van der Waals surface area contributed by atoms with Crippen LogP contribution in [0.25, 0.3) is 0 Å². The molecule has 0 saturated carbocycles. The summed E-state index contributed by atoms with van der Waals surface area (Å²) in [7, 11) is 1.84. The third kappa shape index (κ3) is 3.13. The van der Waals surface area contributed by atoms with Crippen LogP contribution in [0.15, 0.2) is 42.7 Å². The molecule has 0 amide bonds. The summed E-state index contributed by atoms with van der Waals surface area (Å²) in [5.41, 5.74) is 0.911. The minimum absolute atomic E-state index is 0.639. The van der Waals surface area contributed by atoms with Crippen LogP contribution in [0.4, 0.5) is 5.69 Å². The van der Waals surface area contributed by atoms with E-state index < -0.39 is 0 Å². The van der Waals surface area contributed by atoms with Gasteiger partial charge in [0.25, 0.3) is 0 Å². The highest BCUT2D eigenvalue weighted by atomic mass is 16.5. The van der Waals surface area contributed by atoms with Gasteiger partial charge in [0.05, 0.1) is 24.7 Å². The lowest BCUT2D eigenvalue weighted by atomic mass is 10.3. The lowest BCUT2D eigenvalue weighted by Crippen LogP contribution is -1.93. The molecule has 0 aliphatic carbocycles. The van der Waals surface area contributed by atoms with E-state index in [-0.39, 0.29) is 0 Å². The first-order valence-corrected chi connectivity index (χ1v) is 5.85. The fourth-order valence-corrected chi connectivity index (χ4v) is 1.54. The summed E-state index contributed by atoms with van der Waals surface area (Å²) in [6.07, 6.45) is 3.41. The highest BCUT2D eigenvalue weighted by Crippen LogP contribution is 2.26. The summed E-state index contributed by atoms with van der Waals surface area (Å²) in [6.45, 7) is 2.59. The molecule has 0 unspecified atom stereocenters. The van der Waals surface area contributed by atoms with E-state index in [2.05, 4.69) is 10.3 Å². The zero-order valence-electron chi connectivity index (χ0n) is 10.5. The third-order valence-electron chi connectivity index (χ3n) is 2.35. The normalized spacial score (nSPS) is 9.89. The van der Waals surface area contributed by atoms with E-state index in [1.807, 2.05) is 44.3 Å². The summed E-state index contributed by atoms with van der Waals surface area (Å²) in [5.74, 6) is 2.22. The van der Waals surface area contributed by atoms with Crippen LogP contribution in [0.2, 0.25) is 0 Å². The number of anilines is 1. The van der Waals surface area contributed by atoms with Crippen molar-refractivity contribution in [3.63, 3.8) is 0 Å². The molecule has 1 heterocycles. The van der Waals surface area contributed by atoms with Gasteiger partial charge in [0.2, 0.25) is 0 Å². The molecule has 0 bridgehead atoms. The molecule has 2 aromatic rings. The van der Waals surface area contributed by atoms with Crippen LogP contribution in [-0.2, 0) is 0 Å². The van der Waals surface area contributed by atoms with Crippen molar-refractivity contribution in [1.82, 2.24) is 4.98 Å². The molecule has 0 saturated heterocycles. The first-order chi connectivity index (χ1) is 8.81. The molecule has 1 N–H and O–H groups in total. The summed E-state index contributed by atoms with van der Waals surface area (Å²) < 4.78 is 11.1. The van der Waals surface area contributed by atoms with E-state index >= 15 is 0 Å². The Balaban J connectivity index is 2.14. The highest BCUT2D eigenvalue weighted by Gasteiger charge is 2.01. The summed E-state index contributed by atoms with van der Waals surface area (Å²) in [6, 6.07) is 9.43. The van der Waals surface area contributed by atoms with Crippen molar-refractivity contribution in [2.45, 2.75) is 6.92 Å². The van der Waals surface area contributed by atoms with Crippen LogP contribution in [0.1, 0.15) is 6.92 Å². The number of rotatable bonds is 5. The highest BCUT2D eigenvalue weighted by molar-refractivity contribution is 5.46. The summed E-state index contributed by atoms with van der Waals surface area (Å²) >= 11 is 0. The van der Waals surface area contributed by atoms with Gasteiger partial charge in [-0.2, -0.15) is 0 Å². The number of aromatic nitrogens is 1. The van der Waals surface area contributed by atoms with Crippen LogP contribution < -0.4 is 14.8 Å². The number of hydrogen-bond donors (Lipinski definition) is 1. The SMILES string of the molecule is CCOc1cccc(Oc2cncc(NC)c2)c1. The molecule has 0 fully saturated rings. The Kier molecular flexibility index (Phi) is 4.02. The van der Waals surface area contributed by atoms with Gasteiger partial charge < -0.3 is 14.8 Å². The van der Waals surface area contributed by atoms with Crippen molar-refractivity contribution < 1.29 is 9.47 Å². The molecular formula is C14H16N2O2. The van der Waals surface area contributed by atoms with Crippen LogP contribution >= 0.6 is 0 Å². The maximum atomic E-state index is 5.73. The van der Waals surface area contributed by atoms with E-state index in [0.29, 0.717) is 12.4 Å². The summed E-state index contributed by atoms with van der Waals surface area (Å²) in [5, 5.41) is 3.02. The lowest BCUT2D eigenvalue weighted by molar-refractivity contribution is 0.338. The smallest absolute Gasteiger partial charge is 0.147 e. The largest absolute Gasteiger partial charge is 0.494 e. The average molecular weight is 244 g/mol. The van der Waals surface area contributed by atoms with Crippen molar-refractivity contribution in [3.05, 3.63) is 42.7 Å². The van der Waals surface area contributed by atoms with E-state index in [1.165, 1.54) is 0 Å². The van der Waals surface area contributed by atoms with Crippen molar-refractivity contribution in [1.29, 1.82) is 0 Å². The van der Waals surface area contributed by atoms with Crippen LogP contribution in [-0.4, -0.2) is 18.6 Å². The zero-order chi connectivity index (χ0) is 12.8. The molecule has 1 aromatic carbocycles. The van der Waals surface area contributed by atoms with Gasteiger partial charge in [-0.1, -0.05) is 6.07 Å². The third-order valence-corrected chi connectivity index (χ3v) is 2.35. The molecule has 2 rings (SSSR count). The minimum Gasteiger partial charge on any atom is -0.494 e. The fourth-order valence-electron chi connectivity index (χ4n) is 1.54. The van der Waals surface area contributed by atoms with Crippen molar-refractivity contribution >= 4 is 5.69 Å². The Morgan fingerprint density at radius 2 is 1.94 bits per heavy atom. The van der Waals surface area contributed by atoms with Gasteiger partial charge in [-0.25, -0.2) is 0 Å². The molecule has 0 aliphatic heterocycles. The van der Waals surface area contributed by atoms with Gasteiger partial charge in [0.15, 0.2) is 0 Å². The number of hydrogen-bond acceptors (Lipinski definition) is 4. The fraction of sp³-hybridized carbons (Fsp3) is 0.214. The van der Waals surface area contributed by atoms with E-state index in [0.717, 1.165) is 17.2 Å². The second-order valence-corrected chi connectivity index (χ2v) is 3.67. The Morgan fingerprint density at radius 3 is 2.72 bits per heavy atom. The Bertz CT molecular complexity index is 515. The maximum Gasteiger partial charge on any atom is 0.147 e. The summed E-state index contributed by atoms with van der Waals surface area (Å²) in [4.78, 5) is 4.09. The minimum atomic E-state index is 0.639. The first-order valence-electron chi connectivity index (χ1n) is 5.85. The van der Waals surface area contributed by atoms with Crippen LogP contribution in [0.3, 0.4) is 0 Å². The predicted octanol–water partition coefficient (Wildman–Crippen LogP) is 3.31. The Morgan fingerprint density at radius 1 is 1.11 bits per heavy atom. The Labute approximate surface area is 107 Å². The standard InChI is InChI=1S/C14H16N2O2/c1-3-17-12-5-4-6-13(8-12)18-14-7-11(15-2)9-16-10-14/h4-10,15H,3H2,1-2H3. The first kappa shape index (κ1) is 12.2. The average Bonchev–Trinajstić information content (AvgIpc) is 2.40.